The van der Waals surface area contributed by atoms with Crippen LogP contribution in [0.2, 0.25) is 0 Å². The third kappa shape index (κ3) is 5.19. The van der Waals surface area contributed by atoms with Gasteiger partial charge in [-0.1, -0.05) is 25.1 Å². The summed E-state index contributed by atoms with van der Waals surface area (Å²) in [6.45, 7) is 3.89. The summed E-state index contributed by atoms with van der Waals surface area (Å²) in [6, 6.07) is 12.3. The molecule has 0 bridgehead atoms. The van der Waals surface area contributed by atoms with E-state index in [0.717, 1.165) is 37.1 Å². The molecule has 2 aliphatic rings. The van der Waals surface area contributed by atoms with E-state index in [0.29, 0.717) is 36.4 Å². The zero-order valence-electron chi connectivity index (χ0n) is 19.6. The molecule has 182 valence electrons. The molecule has 1 fully saturated rings. The lowest BCUT2D eigenvalue weighted by Gasteiger charge is -2.22. The SMILES string of the molecule is CCC(NC(=O)c1ccc2c(c1)CCN2S(C)(=O)=O)c1ccccc1OCC(=O)N1CCCC1. The highest BCUT2D eigenvalue weighted by Gasteiger charge is 2.27. The van der Waals surface area contributed by atoms with E-state index in [1.54, 1.807) is 18.2 Å². The van der Waals surface area contributed by atoms with Crippen LogP contribution in [0.1, 0.15) is 53.7 Å². The van der Waals surface area contributed by atoms with Crippen LogP contribution in [-0.2, 0) is 21.2 Å². The first-order valence-corrected chi connectivity index (χ1v) is 13.5. The van der Waals surface area contributed by atoms with Crippen LogP contribution in [-0.4, -0.2) is 57.6 Å². The van der Waals surface area contributed by atoms with Gasteiger partial charge in [0.15, 0.2) is 6.61 Å². The van der Waals surface area contributed by atoms with Crippen LogP contribution < -0.4 is 14.4 Å². The lowest BCUT2D eigenvalue weighted by molar-refractivity contribution is -0.132. The summed E-state index contributed by atoms with van der Waals surface area (Å²) in [5, 5.41) is 3.07. The Morgan fingerprint density at radius 2 is 1.82 bits per heavy atom. The number of hydrogen-bond donors (Lipinski definition) is 1. The number of hydrogen-bond acceptors (Lipinski definition) is 5. The zero-order chi connectivity index (χ0) is 24.3. The second-order valence-electron chi connectivity index (χ2n) is 8.78. The van der Waals surface area contributed by atoms with E-state index < -0.39 is 10.0 Å². The largest absolute Gasteiger partial charge is 0.483 e. The summed E-state index contributed by atoms with van der Waals surface area (Å²) in [4.78, 5) is 27.3. The summed E-state index contributed by atoms with van der Waals surface area (Å²) in [5.74, 6) is 0.320. The molecule has 0 radical (unpaired) electrons. The van der Waals surface area contributed by atoms with Crippen LogP contribution >= 0.6 is 0 Å². The molecule has 2 heterocycles. The highest BCUT2D eigenvalue weighted by Crippen LogP contribution is 2.32. The van der Waals surface area contributed by atoms with Gasteiger partial charge in [0.25, 0.3) is 11.8 Å². The minimum absolute atomic E-state index is 0.0225. The van der Waals surface area contributed by atoms with Crippen LogP contribution in [0.3, 0.4) is 0 Å². The Labute approximate surface area is 200 Å². The number of carbonyl (C=O) groups excluding carboxylic acids is 2. The smallest absolute Gasteiger partial charge is 0.260 e. The molecule has 0 saturated carbocycles. The van der Waals surface area contributed by atoms with Gasteiger partial charge in [-0.05, 0) is 55.5 Å². The molecule has 2 aliphatic heterocycles. The molecule has 0 spiro atoms. The first-order valence-electron chi connectivity index (χ1n) is 11.7. The molecule has 1 atom stereocenters. The molecule has 0 aromatic heterocycles. The number of carbonyl (C=O) groups is 2. The van der Waals surface area contributed by atoms with Gasteiger partial charge in [0.2, 0.25) is 10.0 Å². The molecular formula is C25H31N3O5S. The summed E-state index contributed by atoms with van der Waals surface area (Å²) in [7, 11) is -3.34. The maximum atomic E-state index is 13.1. The number of fused-ring (bicyclic) bond motifs is 1. The third-order valence-corrected chi connectivity index (χ3v) is 7.59. The van der Waals surface area contributed by atoms with Crippen LogP contribution in [0, 0.1) is 0 Å². The minimum atomic E-state index is -3.34. The van der Waals surface area contributed by atoms with Crippen LogP contribution in [0.5, 0.6) is 5.75 Å². The van der Waals surface area contributed by atoms with Crippen molar-refractivity contribution >= 4 is 27.5 Å². The highest BCUT2D eigenvalue weighted by molar-refractivity contribution is 7.92. The average molecular weight is 486 g/mol. The van der Waals surface area contributed by atoms with Crippen molar-refractivity contribution in [2.24, 2.45) is 0 Å². The zero-order valence-corrected chi connectivity index (χ0v) is 20.4. The fourth-order valence-corrected chi connectivity index (χ4v) is 5.55. The van der Waals surface area contributed by atoms with Gasteiger partial charge in [-0.15, -0.1) is 0 Å². The number of rotatable bonds is 8. The van der Waals surface area contributed by atoms with E-state index in [2.05, 4.69) is 5.32 Å². The number of para-hydroxylation sites is 1. The average Bonchev–Trinajstić information content (AvgIpc) is 3.50. The highest BCUT2D eigenvalue weighted by atomic mass is 32.2. The molecule has 1 saturated heterocycles. The number of sulfonamides is 1. The molecule has 1 unspecified atom stereocenters. The Morgan fingerprint density at radius 3 is 2.53 bits per heavy atom. The Kier molecular flexibility index (Phi) is 7.11. The third-order valence-electron chi connectivity index (χ3n) is 6.41. The van der Waals surface area contributed by atoms with Gasteiger partial charge >= 0.3 is 0 Å². The number of benzene rings is 2. The molecule has 2 aromatic carbocycles. The van der Waals surface area contributed by atoms with Crippen molar-refractivity contribution < 1.29 is 22.7 Å². The van der Waals surface area contributed by atoms with E-state index in [1.165, 1.54) is 10.6 Å². The molecule has 8 nitrogen and oxygen atoms in total. The molecule has 34 heavy (non-hydrogen) atoms. The van der Waals surface area contributed by atoms with Crippen molar-refractivity contribution in [3.63, 3.8) is 0 Å². The van der Waals surface area contributed by atoms with Crippen LogP contribution in [0.15, 0.2) is 42.5 Å². The van der Waals surface area contributed by atoms with Gasteiger partial charge in [0.1, 0.15) is 5.75 Å². The van der Waals surface area contributed by atoms with Gasteiger partial charge in [0, 0.05) is 30.8 Å². The van der Waals surface area contributed by atoms with E-state index in [4.69, 9.17) is 4.74 Å². The summed E-state index contributed by atoms with van der Waals surface area (Å²) in [5.41, 5.74) is 2.77. The number of nitrogens with one attached hydrogen (secondary N) is 1. The summed E-state index contributed by atoms with van der Waals surface area (Å²) >= 11 is 0. The number of nitrogens with zero attached hydrogens (tertiary/aromatic N) is 2. The number of ether oxygens (including phenoxy) is 1. The molecular weight excluding hydrogens is 454 g/mol. The predicted molar refractivity (Wildman–Crippen MR) is 131 cm³/mol. The first-order chi connectivity index (χ1) is 16.3. The molecule has 1 N–H and O–H groups in total. The van der Waals surface area contributed by atoms with E-state index in [-0.39, 0.29) is 24.5 Å². The fraction of sp³-hybridized carbons (Fsp3) is 0.440. The molecule has 9 heteroatoms. The van der Waals surface area contributed by atoms with Crippen LogP contribution in [0.25, 0.3) is 0 Å². The Morgan fingerprint density at radius 1 is 1.09 bits per heavy atom. The fourth-order valence-electron chi connectivity index (χ4n) is 4.60. The van der Waals surface area contributed by atoms with E-state index in [9.17, 15) is 18.0 Å². The van der Waals surface area contributed by atoms with Gasteiger partial charge < -0.3 is 15.0 Å². The quantitative estimate of drug-likeness (QED) is 0.620. The Bertz CT molecular complexity index is 1170. The molecule has 0 aliphatic carbocycles. The second kappa shape index (κ2) is 10.0. The first kappa shape index (κ1) is 24.1. The maximum absolute atomic E-state index is 13.1. The van der Waals surface area contributed by atoms with Crippen molar-refractivity contribution in [3.8, 4) is 5.75 Å². The monoisotopic (exact) mass is 485 g/mol. The van der Waals surface area contributed by atoms with Crippen molar-refractivity contribution in [1.29, 1.82) is 0 Å². The lowest BCUT2D eigenvalue weighted by Crippen LogP contribution is -2.32. The van der Waals surface area contributed by atoms with Gasteiger partial charge in [0.05, 0.1) is 18.0 Å². The van der Waals surface area contributed by atoms with Crippen molar-refractivity contribution in [2.45, 2.75) is 38.6 Å². The summed E-state index contributed by atoms with van der Waals surface area (Å²) in [6.07, 6.45) is 4.46. The number of likely N-dealkylation sites (tertiary alicyclic amines) is 1. The molecule has 4 rings (SSSR count). The van der Waals surface area contributed by atoms with E-state index >= 15 is 0 Å². The van der Waals surface area contributed by atoms with Gasteiger partial charge in [-0.25, -0.2) is 8.42 Å². The van der Waals surface area contributed by atoms with Crippen molar-refractivity contribution in [2.75, 3.05) is 36.8 Å². The van der Waals surface area contributed by atoms with Gasteiger partial charge in [-0.3, -0.25) is 13.9 Å². The lowest BCUT2D eigenvalue weighted by atomic mass is 10.0. The number of anilines is 1. The normalized spacial score (nSPS) is 16.3. The second-order valence-corrected chi connectivity index (χ2v) is 10.7. The van der Waals surface area contributed by atoms with Crippen LogP contribution in [0.4, 0.5) is 5.69 Å². The standard InChI is InChI=1S/C25H31N3O5S/c1-3-21(20-8-4-5-9-23(20)33-17-24(29)27-13-6-7-14-27)26-25(30)19-10-11-22-18(16-19)12-15-28(22)34(2,31)32/h4-5,8-11,16,21H,3,6-7,12-15,17H2,1-2H3,(H,26,30). The van der Waals surface area contributed by atoms with Crippen molar-refractivity contribution in [3.05, 3.63) is 59.2 Å². The predicted octanol–water partition coefficient (Wildman–Crippen LogP) is 2.89. The van der Waals surface area contributed by atoms with Crippen molar-refractivity contribution in [1.82, 2.24) is 10.2 Å². The Hall–Kier alpha value is -3.07. The van der Waals surface area contributed by atoms with E-state index in [1.807, 2.05) is 36.1 Å². The van der Waals surface area contributed by atoms with Gasteiger partial charge in [-0.2, -0.15) is 0 Å². The molecule has 2 amide bonds. The summed E-state index contributed by atoms with van der Waals surface area (Å²) < 4.78 is 31.2. The number of amides is 2. The minimum Gasteiger partial charge on any atom is -0.483 e. The topological polar surface area (TPSA) is 96.0 Å². The molecule has 2 aromatic rings. The maximum Gasteiger partial charge on any atom is 0.260 e. The Balaban J connectivity index is 1.46.